The number of carbonyl (C=O) groups is 2. The van der Waals surface area contributed by atoms with E-state index in [1.807, 2.05) is 18.2 Å². The molecule has 0 radical (unpaired) electrons. The highest BCUT2D eigenvalue weighted by molar-refractivity contribution is 6.00. The first kappa shape index (κ1) is 22.3. The van der Waals surface area contributed by atoms with Crippen LogP contribution in [0.15, 0.2) is 42.5 Å². The minimum absolute atomic E-state index is 0.0854. The van der Waals surface area contributed by atoms with Gasteiger partial charge in [0.05, 0.1) is 0 Å². The minimum Gasteiger partial charge on any atom is -0.366 e. The molecule has 3 aliphatic carbocycles. The van der Waals surface area contributed by atoms with Gasteiger partial charge in [0.25, 0.3) is 0 Å². The van der Waals surface area contributed by atoms with E-state index in [1.54, 1.807) is 4.90 Å². The predicted octanol–water partition coefficient (Wildman–Crippen LogP) is 5.72. The first-order chi connectivity index (χ1) is 16.9. The molecule has 1 fully saturated rings. The maximum atomic E-state index is 16.0. The van der Waals surface area contributed by atoms with Crippen molar-refractivity contribution in [3.05, 3.63) is 76.1 Å². The molecule has 0 atom stereocenters. The fraction of sp³-hybridized carbons (Fsp3) is 0.400. The molecule has 0 bridgehead atoms. The van der Waals surface area contributed by atoms with Gasteiger partial charge in [-0.05, 0) is 95.9 Å². The van der Waals surface area contributed by atoms with E-state index in [0.29, 0.717) is 42.5 Å². The number of hydrogen-bond donors (Lipinski definition) is 1. The summed E-state index contributed by atoms with van der Waals surface area (Å²) >= 11 is 0. The molecule has 1 spiro atoms. The molecule has 2 N–H and O–H groups in total. The van der Waals surface area contributed by atoms with Crippen LogP contribution in [0.4, 0.5) is 4.39 Å². The largest absolute Gasteiger partial charge is 0.366 e. The Morgan fingerprint density at radius 2 is 1.89 bits per heavy atom. The molecule has 4 nitrogen and oxygen atoms in total. The number of allylic oxidation sites excluding steroid dienone is 2. The molecule has 2 aromatic carbocycles. The van der Waals surface area contributed by atoms with Crippen LogP contribution in [0.2, 0.25) is 0 Å². The Balaban J connectivity index is 1.52. The fourth-order valence-corrected chi connectivity index (χ4v) is 7.23. The van der Waals surface area contributed by atoms with Crippen molar-refractivity contribution in [3.8, 4) is 11.1 Å². The second kappa shape index (κ2) is 8.18. The molecule has 180 valence electrons. The molecule has 1 saturated carbocycles. The van der Waals surface area contributed by atoms with Crippen LogP contribution in [0, 0.1) is 11.2 Å². The standard InChI is InChI=1S/C30H31FN2O2/c1-2-26(34)33-13-9-20-19(17-33)6-5-7-21(20)28-25(31)15-23(29(32)35)22-14-18-8-12-30(10-3-4-11-30)16-24(18)27(22)28/h2,5-7,15H,1,3-4,8-14,16-17H2,(H2,32,35). The van der Waals surface area contributed by atoms with E-state index in [9.17, 15) is 9.59 Å². The van der Waals surface area contributed by atoms with Crippen LogP contribution in [0.5, 0.6) is 0 Å². The number of nitrogens with two attached hydrogens (primary N) is 1. The monoisotopic (exact) mass is 470 g/mol. The summed E-state index contributed by atoms with van der Waals surface area (Å²) in [6.45, 7) is 4.69. The van der Waals surface area contributed by atoms with Crippen LogP contribution in [-0.2, 0) is 24.2 Å². The smallest absolute Gasteiger partial charge is 0.249 e. The number of hydrogen-bond acceptors (Lipinski definition) is 2. The highest BCUT2D eigenvalue weighted by Gasteiger charge is 2.42. The molecule has 0 saturated heterocycles. The third kappa shape index (κ3) is 3.47. The van der Waals surface area contributed by atoms with Gasteiger partial charge in [-0.3, -0.25) is 9.59 Å². The van der Waals surface area contributed by atoms with Crippen molar-refractivity contribution in [2.24, 2.45) is 11.1 Å². The summed E-state index contributed by atoms with van der Waals surface area (Å²) in [5.41, 5.74) is 14.5. The summed E-state index contributed by atoms with van der Waals surface area (Å²) in [5, 5.41) is 0. The zero-order valence-electron chi connectivity index (χ0n) is 20.1. The van der Waals surface area contributed by atoms with Gasteiger partial charge in [0.2, 0.25) is 11.8 Å². The van der Waals surface area contributed by atoms with E-state index in [0.717, 1.165) is 40.7 Å². The average molecular weight is 471 g/mol. The van der Waals surface area contributed by atoms with E-state index in [4.69, 9.17) is 5.73 Å². The van der Waals surface area contributed by atoms with Crippen molar-refractivity contribution in [2.45, 2.75) is 64.3 Å². The second-order valence-electron chi connectivity index (χ2n) is 10.8. The lowest BCUT2D eigenvalue weighted by Gasteiger charge is -2.35. The third-order valence-electron chi connectivity index (χ3n) is 8.97. The van der Waals surface area contributed by atoms with Crippen LogP contribution in [0.3, 0.4) is 0 Å². The van der Waals surface area contributed by atoms with Crippen LogP contribution in [-0.4, -0.2) is 23.3 Å². The summed E-state index contributed by atoms with van der Waals surface area (Å²) in [5.74, 6) is -1.02. The van der Waals surface area contributed by atoms with Crippen molar-refractivity contribution in [2.75, 3.05) is 6.54 Å². The van der Waals surface area contributed by atoms with E-state index >= 15 is 4.39 Å². The highest BCUT2D eigenvalue weighted by atomic mass is 19.1. The normalized spacial score (nSPS) is 20.0. The second-order valence-corrected chi connectivity index (χ2v) is 10.8. The molecule has 6 rings (SSSR count). The number of halogens is 1. The van der Waals surface area contributed by atoms with Crippen LogP contribution in [0.1, 0.15) is 77.6 Å². The van der Waals surface area contributed by atoms with E-state index < -0.39 is 5.91 Å². The third-order valence-corrected chi connectivity index (χ3v) is 8.97. The summed E-state index contributed by atoms with van der Waals surface area (Å²) in [6.07, 6.45) is 10.9. The summed E-state index contributed by atoms with van der Waals surface area (Å²) in [4.78, 5) is 26.4. The van der Waals surface area contributed by atoms with Gasteiger partial charge in [0, 0.05) is 24.2 Å². The van der Waals surface area contributed by atoms with Gasteiger partial charge in [-0.1, -0.05) is 43.2 Å². The van der Waals surface area contributed by atoms with Gasteiger partial charge < -0.3 is 10.6 Å². The van der Waals surface area contributed by atoms with Crippen molar-refractivity contribution in [3.63, 3.8) is 0 Å². The van der Waals surface area contributed by atoms with Crippen molar-refractivity contribution in [1.82, 2.24) is 4.90 Å². The zero-order valence-corrected chi connectivity index (χ0v) is 20.1. The Morgan fingerprint density at radius 1 is 1.09 bits per heavy atom. The lowest BCUT2D eigenvalue weighted by molar-refractivity contribution is -0.126. The fourth-order valence-electron chi connectivity index (χ4n) is 7.23. The lowest BCUT2D eigenvalue weighted by atomic mass is 9.70. The number of benzene rings is 2. The first-order valence-corrected chi connectivity index (χ1v) is 12.8. The molecule has 4 aliphatic rings. The molecule has 5 heteroatoms. The topological polar surface area (TPSA) is 63.4 Å². The molecule has 0 unspecified atom stereocenters. The Labute approximate surface area is 205 Å². The van der Waals surface area contributed by atoms with E-state index in [-0.39, 0.29) is 11.7 Å². The Hall–Kier alpha value is -3.21. The maximum absolute atomic E-state index is 16.0. The molecular formula is C30H31FN2O2. The number of primary amides is 1. The maximum Gasteiger partial charge on any atom is 0.249 e. The summed E-state index contributed by atoms with van der Waals surface area (Å²) in [6, 6.07) is 7.33. The molecular weight excluding hydrogens is 439 g/mol. The number of carbonyl (C=O) groups excluding carboxylic acids is 2. The minimum atomic E-state index is -0.559. The van der Waals surface area contributed by atoms with Crippen LogP contribution in [0.25, 0.3) is 16.7 Å². The number of amides is 2. The molecule has 2 amide bonds. The van der Waals surface area contributed by atoms with Gasteiger partial charge in [-0.15, -0.1) is 0 Å². The van der Waals surface area contributed by atoms with Gasteiger partial charge in [-0.25, -0.2) is 4.39 Å². The predicted molar refractivity (Wildman–Crippen MR) is 135 cm³/mol. The molecule has 0 aromatic heterocycles. The van der Waals surface area contributed by atoms with Crippen molar-refractivity contribution < 1.29 is 14.0 Å². The SMILES string of the molecule is C=CC(=O)N1CCc2c(cccc2-c2c(F)cc(C(N)=O)c3c2C2=C(CCC4(CCCC4)C2)C3)C1. The van der Waals surface area contributed by atoms with Gasteiger partial charge in [0.1, 0.15) is 5.82 Å². The van der Waals surface area contributed by atoms with Gasteiger partial charge in [0.15, 0.2) is 0 Å². The Kier molecular flexibility index (Phi) is 5.21. The van der Waals surface area contributed by atoms with Crippen molar-refractivity contribution in [1.29, 1.82) is 0 Å². The van der Waals surface area contributed by atoms with E-state index in [1.165, 1.54) is 55.4 Å². The lowest BCUT2D eigenvalue weighted by Crippen LogP contribution is -2.35. The van der Waals surface area contributed by atoms with E-state index in [2.05, 4.69) is 6.58 Å². The van der Waals surface area contributed by atoms with Gasteiger partial charge in [-0.2, -0.15) is 0 Å². The number of fused-ring (bicyclic) bond motifs is 3. The average Bonchev–Trinajstić information content (AvgIpc) is 3.47. The zero-order chi connectivity index (χ0) is 24.3. The molecule has 2 aromatic rings. The summed E-state index contributed by atoms with van der Waals surface area (Å²) in [7, 11) is 0. The van der Waals surface area contributed by atoms with Gasteiger partial charge >= 0.3 is 0 Å². The summed E-state index contributed by atoms with van der Waals surface area (Å²) < 4.78 is 16.0. The number of nitrogens with zero attached hydrogens (tertiary/aromatic N) is 1. The molecule has 35 heavy (non-hydrogen) atoms. The quantitative estimate of drug-likeness (QED) is 0.584. The Bertz CT molecular complexity index is 1320. The van der Waals surface area contributed by atoms with Crippen LogP contribution >= 0.6 is 0 Å². The first-order valence-electron chi connectivity index (χ1n) is 12.8. The van der Waals surface area contributed by atoms with Crippen LogP contribution < -0.4 is 5.73 Å². The Morgan fingerprint density at radius 3 is 2.63 bits per heavy atom. The molecule has 1 aliphatic heterocycles. The molecule has 1 heterocycles. The van der Waals surface area contributed by atoms with Crippen molar-refractivity contribution >= 4 is 17.4 Å². The number of rotatable bonds is 3. The highest BCUT2D eigenvalue weighted by Crippen LogP contribution is 2.57.